The number of hydrogen-bond acceptors (Lipinski definition) is 4. The van der Waals surface area contributed by atoms with Crippen LogP contribution >= 0.6 is 11.3 Å². The molecule has 0 aliphatic carbocycles. The van der Waals surface area contributed by atoms with Gasteiger partial charge in [0.15, 0.2) is 0 Å². The lowest BCUT2D eigenvalue weighted by molar-refractivity contribution is -0.137. The maximum atomic E-state index is 10.4. The predicted molar refractivity (Wildman–Crippen MR) is 55.7 cm³/mol. The molecule has 1 aromatic heterocycles. The van der Waals surface area contributed by atoms with Gasteiger partial charge in [-0.3, -0.25) is 9.59 Å². The molecule has 0 aromatic carbocycles. The summed E-state index contributed by atoms with van der Waals surface area (Å²) < 4.78 is 0. The number of amides is 1. The number of carbonyl (C=O) groups is 2. The van der Waals surface area contributed by atoms with E-state index in [0.29, 0.717) is 19.3 Å². The molecule has 5 nitrogen and oxygen atoms in total. The zero-order valence-corrected chi connectivity index (χ0v) is 8.87. The number of rotatable bonds is 7. The fraction of sp³-hybridized carbons (Fsp3) is 0.444. The third kappa shape index (κ3) is 4.55. The van der Waals surface area contributed by atoms with Gasteiger partial charge < -0.3 is 10.4 Å². The summed E-state index contributed by atoms with van der Waals surface area (Å²) >= 11 is 1.48. The number of nitrogens with zero attached hydrogens (tertiary/aromatic N) is 1. The van der Waals surface area contributed by atoms with Crippen LogP contribution < -0.4 is 5.32 Å². The van der Waals surface area contributed by atoms with E-state index in [9.17, 15) is 9.59 Å². The summed E-state index contributed by atoms with van der Waals surface area (Å²) in [5, 5.41) is 13.0. The first-order valence-electron chi connectivity index (χ1n) is 4.51. The number of aromatic nitrogens is 1. The fourth-order valence-corrected chi connectivity index (χ4v) is 1.80. The Labute approximate surface area is 91.1 Å². The van der Waals surface area contributed by atoms with E-state index in [1.165, 1.54) is 11.3 Å². The van der Waals surface area contributed by atoms with Crippen molar-refractivity contribution in [1.82, 2.24) is 10.3 Å². The number of thiazole rings is 1. The highest BCUT2D eigenvalue weighted by Crippen LogP contribution is 2.08. The Kier molecular flexibility index (Phi) is 4.76. The van der Waals surface area contributed by atoms with Crippen LogP contribution in [0, 0.1) is 0 Å². The molecule has 1 unspecified atom stereocenters. The molecule has 0 fully saturated rings. The molecule has 0 radical (unpaired) electrons. The van der Waals surface area contributed by atoms with Gasteiger partial charge in [-0.1, -0.05) is 0 Å². The van der Waals surface area contributed by atoms with Gasteiger partial charge in [0.2, 0.25) is 6.41 Å². The summed E-state index contributed by atoms with van der Waals surface area (Å²) in [6.07, 6.45) is 1.65. The van der Waals surface area contributed by atoms with Crippen LogP contribution in [-0.4, -0.2) is 28.5 Å². The van der Waals surface area contributed by atoms with Gasteiger partial charge in [0.05, 0.1) is 11.2 Å². The molecule has 0 bridgehead atoms. The van der Waals surface area contributed by atoms with Gasteiger partial charge in [0.1, 0.15) is 0 Å². The standard InChI is InChI=1S/C9H12N2O3S/c12-5-10-7(1-2-9(13)14)3-8-4-15-6-11-8/h4-7H,1-3H2,(H,10,12)(H,13,14). The highest BCUT2D eigenvalue weighted by atomic mass is 32.1. The summed E-state index contributed by atoms with van der Waals surface area (Å²) in [5.74, 6) is -0.856. The van der Waals surface area contributed by atoms with Crippen LogP contribution in [0.4, 0.5) is 0 Å². The third-order valence-electron chi connectivity index (χ3n) is 1.95. The van der Waals surface area contributed by atoms with Crippen molar-refractivity contribution in [2.45, 2.75) is 25.3 Å². The van der Waals surface area contributed by atoms with E-state index < -0.39 is 5.97 Å². The normalized spacial score (nSPS) is 12.0. The molecule has 6 heteroatoms. The number of carbonyl (C=O) groups excluding carboxylic acids is 1. The van der Waals surface area contributed by atoms with Crippen molar-refractivity contribution < 1.29 is 14.7 Å². The van der Waals surface area contributed by atoms with Gasteiger partial charge >= 0.3 is 5.97 Å². The third-order valence-corrected chi connectivity index (χ3v) is 2.58. The summed E-state index contributed by atoms with van der Waals surface area (Å²) in [4.78, 5) is 24.8. The van der Waals surface area contributed by atoms with Crippen LogP contribution in [0.5, 0.6) is 0 Å². The highest BCUT2D eigenvalue weighted by Gasteiger charge is 2.11. The largest absolute Gasteiger partial charge is 0.481 e. The molecule has 0 saturated heterocycles. The van der Waals surface area contributed by atoms with Crippen LogP contribution in [-0.2, 0) is 16.0 Å². The molecule has 1 amide bonds. The van der Waals surface area contributed by atoms with Gasteiger partial charge in [-0.05, 0) is 6.42 Å². The molecule has 0 saturated carbocycles. The van der Waals surface area contributed by atoms with E-state index in [1.54, 1.807) is 5.51 Å². The Morgan fingerprint density at radius 2 is 2.53 bits per heavy atom. The number of nitrogens with one attached hydrogen (secondary N) is 1. The number of carboxylic acid groups (broad SMARTS) is 1. The molecular weight excluding hydrogens is 216 g/mol. The first kappa shape index (κ1) is 11.6. The van der Waals surface area contributed by atoms with Gasteiger partial charge in [-0.25, -0.2) is 4.98 Å². The molecule has 0 aliphatic heterocycles. The van der Waals surface area contributed by atoms with Crippen molar-refractivity contribution in [3.8, 4) is 0 Å². The van der Waals surface area contributed by atoms with E-state index in [1.807, 2.05) is 5.38 Å². The lowest BCUT2D eigenvalue weighted by Gasteiger charge is -2.13. The Bertz CT molecular complexity index is 313. The molecule has 15 heavy (non-hydrogen) atoms. The zero-order valence-electron chi connectivity index (χ0n) is 8.05. The molecule has 0 aliphatic rings. The van der Waals surface area contributed by atoms with Crippen LogP contribution in [0.3, 0.4) is 0 Å². The first-order valence-corrected chi connectivity index (χ1v) is 5.45. The number of aliphatic carboxylic acids is 1. The van der Waals surface area contributed by atoms with E-state index in [4.69, 9.17) is 5.11 Å². The highest BCUT2D eigenvalue weighted by molar-refractivity contribution is 7.07. The minimum absolute atomic E-state index is 0.0512. The topological polar surface area (TPSA) is 79.3 Å². The average Bonchev–Trinajstić information content (AvgIpc) is 2.67. The second-order valence-electron chi connectivity index (χ2n) is 3.10. The van der Waals surface area contributed by atoms with Crippen LogP contribution in [0.25, 0.3) is 0 Å². The quantitative estimate of drug-likeness (QED) is 0.672. The Hall–Kier alpha value is -1.43. The fourth-order valence-electron chi connectivity index (χ4n) is 1.23. The molecule has 1 rings (SSSR count). The maximum Gasteiger partial charge on any atom is 0.303 e. The Balaban J connectivity index is 2.42. The predicted octanol–water partition coefficient (Wildman–Crippen LogP) is 0.665. The van der Waals surface area contributed by atoms with E-state index in [-0.39, 0.29) is 12.5 Å². The van der Waals surface area contributed by atoms with Gasteiger partial charge in [0.25, 0.3) is 0 Å². The molecule has 82 valence electrons. The maximum absolute atomic E-state index is 10.4. The summed E-state index contributed by atoms with van der Waals surface area (Å²) in [7, 11) is 0. The van der Waals surface area contributed by atoms with E-state index in [0.717, 1.165) is 5.69 Å². The Morgan fingerprint density at radius 3 is 3.07 bits per heavy atom. The second kappa shape index (κ2) is 6.13. The van der Waals surface area contributed by atoms with Crippen molar-refractivity contribution in [2.24, 2.45) is 0 Å². The SMILES string of the molecule is O=CNC(CCC(=O)O)Cc1cscn1. The van der Waals surface area contributed by atoms with Crippen molar-refractivity contribution in [2.75, 3.05) is 0 Å². The number of hydrogen-bond donors (Lipinski definition) is 2. The minimum Gasteiger partial charge on any atom is -0.481 e. The Morgan fingerprint density at radius 1 is 1.73 bits per heavy atom. The van der Waals surface area contributed by atoms with E-state index in [2.05, 4.69) is 10.3 Å². The van der Waals surface area contributed by atoms with Crippen LogP contribution in [0.1, 0.15) is 18.5 Å². The first-order chi connectivity index (χ1) is 7.22. The average molecular weight is 228 g/mol. The zero-order chi connectivity index (χ0) is 11.1. The second-order valence-corrected chi connectivity index (χ2v) is 3.82. The molecule has 1 aromatic rings. The molecule has 0 spiro atoms. The van der Waals surface area contributed by atoms with Crippen molar-refractivity contribution in [3.05, 3.63) is 16.6 Å². The lowest BCUT2D eigenvalue weighted by atomic mass is 10.1. The summed E-state index contributed by atoms with van der Waals surface area (Å²) in [6.45, 7) is 0. The van der Waals surface area contributed by atoms with E-state index >= 15 is 0 Å². The lowest BCUT2D eigenvalue weighted by Crippen LogP contribution is -2.30. The molecular formula is C9H12N2O3S. The van der Waals surface area contributed by atoms with Crippen LogP contribution in [0.15, 0.2) is 10.9 Å². The number of carboxylic acids is 1. The van der Waals surface area contributed by atoms with Crippen LogP contribution in [0.2, 0.25) is 0 Å². The van der Waals surface area contributed by atoms with Gasteiger partial charge in [-0.15, -0.1) is 11.3 Å². The summed E-state index contributed by atoms with van der Waals surface area (Å²) in [5.41, 5.74) is 2.59. The molecule has 2 N–H and O–H groups in total. The van der Waals surface area contributed by atoms with Crippen molar-refractivity contribution in [1.29, 1.82) is 0 Å². The van der Waals surface area contributed by atoms with Gasteiger partial charge in [0, 0.05) is 24.3 Å². The van der Waals surface area contributed by atoms with Crippen molar-refractivity contribution in [3.63, 3.8) is 0 Å². The van der Waals surface area contributed by atoms with Gasteiger partial charge in [-0.2, -0.15) is 0 Å². The summed E-state index contributed by atoms with van der Waals surface area (Å²) in [6, 6.07) is -0.152. The minimum atomic E-state index is -0.856. The molecule has 1 atom stereocenters. The molecule has 1 heterocycles. The van der Waals surface area contributed by atoms with Crippen molar-refractivity contribution >= 4 is 23.7 Å². The monoisotopic (exact) mass is 228 g/mol. The smallest absolute Gasteiger partial charge is 0.303 e.